The van der Waals surface area contributed by atoms with E-state index in [9.17, 15) is 10.0 Å². The molecule has 530 valence electrons. The lowest BCUT2D eigenvalue weighted by Crippen LogP contribution is -2.29. The van der Waals surface area contributed by atoms with Gasteiger partial charge < -0.3 is 10.0 Å². The Hall–Kier alpha value is -13.7. The van der Waals surface area contributed by atoms with Crippen molar-refractivity contribution >= 4 is 88.4 Å². The van der Waals surface area contributed by atoms with Crippen LogP contribution in [0.2, 0.25) is 0 Å². The molecule has 15 aromatic carbocycles. The van der Waals surface area contributed by atoms with Crippen LogP contribution in [0.1, 0.15) is 17.5 Å². The Balaban J connectivity index is 0.000000128. The molecular formula is C102H70BBrN6O2. The van der Waals surface area contributed by atoms with Gasteiger partial charge in [0.05, 0.1) is 22.8 Å². The van der Waals surface area contributed by atoms with E-state index in [2.05, 4.69) is 287 Å². The summed E-state index contributed by atoms with van der Waals surface area (Å²) in [6.45, 7) is 0. The van der Waals surface area contributed by atoms with Crippen LogP contribution in [0.5, 0.6) is 0 Å². The first-order valence-electron chi connectivity index (χ1n) is 37.6. The maximum absolute atomic E-state index is 9.61. The first-order valence-corrected chi connectivity index (χ1v) is 38.4. The number of allylic oxidation sites excluding steroid dienone is 1. The summed E-state index contributed by atoms with van der Waals surface area (Å²) in [5.41, 5.74) is 23.9. The van der Waals surface area contributed by atoms with Crippen molar-refractivity contribution in [2.24, 2.45) is 0 Å². The second-order valence-electron chi connectivity index (χ2n) is 27.9. The SMILES string of the molecule is Brc1c2c(c(-c3ccc4ccccc4c3)c3ccccc13)CCC=C2.OB(O)c1cccc(-c2nc(-c3ccccc3)cc(-c3cccc(-c4cccnc4)c3)n2)c1.c1ccc(-c2cc(-c3cccc(-c4cccnc4)c3)nc(-c3cccc(-c4c5ccccc5c(-c5ccc6ccccc6c5)c5ccccc45)c3)n2)cc1. The van der Waals surface area contributed by atoms with E-state index >= 15 is 0 Å². The Bertz CT molecular complexity index is 6700. The minimum absolute atomic E-state index is 0.390. The van der Waals surface area contributed by atoms with Crippen molar-refractivity contribution < 1.29 is 10.0 Å². The van der Waals surface area contributed by atoms with Crippen molar-refractivity contribution in [3.05, 3.63) is 398 Å². The molecule has 0 bridgehead atoms. The topological polar surface area (TPSA) is 118 Å². The predicted octanol–water partition coefficient (Wildman–Crippen LogP) is 24.9. The molecule has 0 amide bonds. The molecule has 0 fully saturated rings. The fraction of sp³-hybridized carbons (Fsp3) is 0.0196. The molecular weight excluding hydrogens is 1430 g/mol. The van der Waals surface area contributed by atoms with Gasteiger partial charge in [-0.25, -0.2) is 19.9 Å². The van der Waals surface area contributed by atoms with Crippen LogP contribution in [0.4, 0.5) is 0 Å². The second kappa shape index (κ2) is 31.5. The van der Waals surface area contributed by atoms with Gasteiger partial charge in [-0.3, -0.25) is 9.97 Å². The van der Waals surface area contributed by atoms with Gasteiger partial charge in [0.2, 0.25) is 0 Å². The minimum Gasteiger partial charge on any atom is -0.423 e. The fourth-order valence-corrected chi connectivity index (χ4v) is 16.2. The molecule has 2 N–H and O–H groups in total. The summed E-state index contributed by atoms with van der Waals surface area (Å²) >= 11 is 3.86. The predicted molar refractivity (Wildman–Crippen MR) is 468 cm³/mol. The van der Waals surface area contributed by atoms with Crippen LogP contribution in [0.3, 0.4) is 0 Å². The third kappa shape index (κ3) is 14.4. The molecule has 0 atom stereocenters. The highest BCUT2D eigenvalue weighted by Gasteiger charge is 2.23. The summed E-state index contributed by atoms with van der Waals surface area (Å²) in [5, 5.41) is 31.8. The Labute approximate surface area is 658 Å². The lowest BCUT2D eigenvalue weighted by molar-refractivity contribution is 0.426. The highest BCUT2D eigenvalue weighted by Crippen LogP contribution is 2.47. The van der Waals surface area contributed by atoms with Crippen LogP contribution in [0, 0.1) is 0 Å². The number of pyridine rings is 2. The normalized spacial score (nSPS) is 11.6. The lowest BCUT2D eigenvalue weighted by atomic mass is 9.79. The smallest absolute Gasteiger partial charge is 0.423 e. The number of hydrogen-bond acceptors (Lipinski definition) is 8. The summed E-state index contributed by atoms with van der Waals surface area (Å²) in [5.74, 6) is 1.20. The highest BCUT2D eigenvalue weighted by atomic mass is 79.9. The Kier molecular flexibility index (Phi) is 19.7. The Morgan fingerprint density at radius 3 is 1.12 bits per heavy atom. The maximum atomic E-state index is 9.61. The zero-order valence-electron chi connectivity index (χ0n) is 60.9. The van der Waals surface area contributed by atoms with E-state index in [-0.39, 0.29) is 0 Å². The van der Waals surface area contributed by atoms with Crippen molar-refractivity contribution in [1.82, 2.24) is 29.9 Å². The van der Waals surface area contributed by atoms with E-state index in [1.54, 1.807) is 30.6 Å². The number of benzene rings is 15. The van der Waals surface area contributed by atoms with Crippen molar-refractivity contribution in [3.8, 4) is 123 Å². The van der Waals surface area contributed by atoms with Crippen LogP contribution in [-0.4, -0.2) is 47.1 Å². The van der Waals surface area contributed by atoms with Gasteiger partial charge in [0.1, 0.15) is 0 Å². The molecule has 4 aromatic heterocycles. The molecule has 19 aromatic rings. The molecule has 0 aliphatic heterocycles. The minimum atomic E-state index is -1.56. The van der Waals surface area contributed by atoms with Crippen LogP contribution in [-0.2, 0) is 6.42 Å². The summed E-state index contributed by atoms with van der Waals surface area (Å²) in [6, 6.07) is 122. The van der Waals surface area contributed by atoms with Crippen molar-refractivity contribution in [2.75, 3.05) is 0 Å². The average molecular weight is 1500 g/mol. The largest absolute Gasteiger partial charge is 0.488 e. The van der Waals surface area contributed by atoms with Crippen molar-refractivity contribution in [3.63, 3.8) is 0 Å². The van der Waals surface area contributed by atoms with E-state index in [4.69, 9.17) is 19.9 Å². The molecule has 0 radical (unpaired) electrons. The number of fused-ring (bicyclic) bond motifs is 6. The van der Waals surface area contributed by atoms with Crippen LogP contribution >= 0.6 is 15.9 Å². The molecule has 112 heavy (non-hydrogen) atoms. The number of halogens is 1. The molecule has 4 heterocycles. The van der Waals surface area contributed by atoms with Gasteiger partial charge in [-0.05, 0) is 198 Å². The standard InChI is InChI=1S/C51H33N3.C27H20BN3O2.C24H17Br/c1-2-14-35(15-3-1)47-32-48(38-18-10-17-37(29-38)42-21-12-28-52-33-42)54-51(53-47)41-20-11-19-39(31-41)49-43-22-6-8-24-45(43)50(46-25-9-7-23-44(46)49)40-27-26-34-13-4-5-16-36(34)30-40;32-28(33)24-13-5-11-22(16-24)27-30-25(19-7-2-1-3-8-19)17-26(31-27)21-10-4-9-20(15-21)23-12-6-14-29-18-23;25-24-21-11-5-3-9-19(21)23(20-10-4-6-12-22(20)24)18-14-13-16-7-1-2-8-17(16)15-18/h1-33H;1-18,32-33H;1-3,5-9,11-15H,4,10H2. The zero-order valence-corrected chi connectivity index (χ0v) is 62.5. The summed E-state index contributed by atoms with van der Waals surface area (Å²) in [4.78, 5) is 28.7. The molecule has 8 nitrogen and oxygen atoms in total. The van der Waals surface area contributed by atoms with Gasteiger partial charge in [0.15, 0.2) is 11.6 Å². The monoisotopic (exact) mass is 1500 g/mol. The molecule has 0 saturated heterocycles. The molecule has 20 rings (SSSR count). The number of aromatic nitrogens is 6. The van der Waals surface area contributed by atoms with Gasteiger partial charge in [-0.1, -0.05) is 309 Å². The Morgan fingerprint density at radius 1 is 0.277 bits per heavy atom. The molecule has 0 unspecified atom stereocenters. The molecule has 1 aliphatic rings. The number of hydrogen-bond donors (Lipinski definition) is 2. The van der Waals surface area contributed by atoms with Crippen LogP contribution in [0.25, 0.3) is 183 Å². The van der Waals surface area contributed by atoms with Crippen LogP contribution in [0.15, 0.2) is 387 Å². The van der Waals surface area contributed by atoms with Gasteiger partial charge in [0, 0.05) is 73.8 Å². The zero-order chi connectivity index (χ0) is 75.3. The molecule has 10 heteroatoms. The summed E-state index contributed by atoms with van der Waals surface area (Å²) in [6.07, 6.45) is 14.1. The van der Waals surface area contributed by atoms with Gasteiger partial charge in [-0.2, -0.15) is 0 Å². The second-order valence-corrected chi connectivity index (χ2v) is 28.7. The Morgan fingerprint density at radius 2 is 0.643 bits per heavy atom. The highest BCUT2D eigenvalue weighted by molar-refractivity contribution is 9.10. The molecule has 1 aliphatic carbocycles. The third-order valence-corrected chi connectivity index (χ3v) is 21.8. The van der Waals surface area contributed by atoms with E-state index in [0.717, 1.165) is 91.3 Å². The van der Waals surface area contributed by atoms with Gasteiger partial charge in [-0.15, -0.1) is 0 Å². The van der Waals surface area contributed by atoms with Gasteiger partial charge in [0.25, 0.3) is 0 Å². The number of rotatable bonds is 12. The first-order chi connectivity index (χ1) is 55.3. The van der Waals surface area contributed by atoms with Crippen LogP contribution < -0.4 is 5.46 Å². The van der Waals surface area contributed by atoms with E-state index in [1.807, 2.05) is 97.3 Å². The molecule has 0 saturated carbocycles. The quantitative estimate of drug-likeness (QED) is 0.0917. The van der Waals surface area contributed by atoms with Crippen molar-refractivity contribution in [2.45, 2.75) is 12.8 Å². The van der Waals surface area contributed by atoms with E-state index in [1.165, 1.54) is 97.3 Å². The lowest BCUT2D eigenvalue weighted by Gasteiger charge is -2.21. The fourth-order valence-electron chi connectivity index (χ4n) is 15.5. The summed E-state index contributed by atoms with van der Waals surface area (Å²) in [7, 11) is -1.56. The number of nitrogens with zero attached hydrogens (tertiary/aromatic N) is 6. The average Bonchev–Trinajstić information content (AvgIpc) is 0.732. The van der Waals surface area contributed by atoms with Crippen molar-refractivity contribution in [1.29, 1.82) is 0 Å². The summed E-state index contributed by atoms with van der Waals surface area (Å²) < 4.78 is 1.22. The third-order valence-electron chi connectivity index (χ3n) is 20.9. The first kappa shape index (κ1) is 70.0. The van der Waals surface area contributed by atoms with Gasteiger partial charge >= 0.3 is 7.12 Å². The van der Waals surface area contributed by atoms with E-state index < -0.39 is 7.12 Å². The van der Waals surface area contributed by atoms with E-state index in [0.29, 0.717) is 22.7 Å². The molecule has 0 spiro atoms. The maximum Gasteiger partial charge on any atom is 0.488 e.